The summed E-state index contributed by atoms with van der Waals surface area (Å²) >= 11 is 0. The molecular formula is C51H53F9N8O6. The van der Waals surface area contributed by atoms with Crippen LogP contribution in [-0.4, -0.2) is 130 Å². The summed E-state index contributed by atoms with van der Waals surface area (Å²) in [6.07, 6.45) is -16.8. The van der Waals surface area contributed by atoms with Gasteiger partial charge in [0, 0.05) is 51.1 Å². The van der Waals surface area contributed by atoms with Crippen molar-refractivity contribution in [1.82, 2.24) is 29.7 Å². The van der Waals surface area contributed by atoms with Crippen molar-refractivity contribution in [3.8, 4) is 34.6 Å². The molecule has 8 heterocycles. The van der Waals surface area contributed by atoms with E-state index in [-0.39, 0.29) is 70.0 Å². The van der Waals surface area contributed by atoms with Crippen LogP contribution in [-0.2, 0) is 24.0 Å². The number of carbonyl (C=O) groups is 1. The number of carbonyl (C=O) groups excluding carboxylic acids is 1. The average molecular weight is 1050 g/mol. The monoisotopic (exact) mass is 1040 g/mol. The van der Waals surface area contributed by atoms with Gasteiger partial charge in [0.05, 0.1) is 49.1 Å². The van der Waals surface area contributed by atoms with Gasteiger partial charge in [-0.25, -0.2) is 27.9 Å². The Morgan fingerprint density at radius 3 is 2.00 bits per heavy atom. The first kappa shape index (κ1) is 51.0. The number of hydrogen-bond donors (Lipinski definition) is 0. The normalized spacial score (nSPS) is 23.3. The van der Waals surface area contributed by atoms with Crippen LogP contribution in [0.25, 0.3) is 22.2 Å². The highest BCUT2D eigenvalue weighted by atomic mass is 19.4. The molecule has 2 aromatic carbocycles. The minimum absolute atomic E-state index is 0.0464. The van der Waals surface area contributed by atoms with Gasteiger partial charge in [-0.05, 0) is 82.0 Å². The second-order valence-electron chi connectivity index (χ2n) is 20.6. The number of pyridine rings is 2. The first-order chi connectivity index (χ1) is 34.9. The van der Waals surface area contributed by atoms with Gasteiger partial charge in [0.2, 0.25) is 12.0 Å². The Kier molecular flexibility index (Phi) is 12.9. The predicted molar refractivity (Wildman–Crippen MR) is 251 cm³/mol. The molecule has 0 N–H and O–H groups in total. The fourth-order valence-corrected chi connectivity index (χ4v) is 11.4. The first-order valence-corrected chi connectivity index (χ1v) is 24.1. The molecule has 0 radical (unpaired) electrons. The third kappa shape index (κ3) is 9.48. The number of piperazine rings is 1. The van der Waals surface area contributed by atoms with Crippen LogP contribution in [0.1, 0.15) is 68.8 Å². The summed E-state index contributed by atoms with van der Waals surface area (Å²) in [5, 5.41) is -0.505. The van der Waals surface area contributed by atoms with E-state index in [4.69, 9.17) is 23.7 Å². The average Bonchev–Trinajstić information content (AvgIpc) is 3.89. The van der Waals surface area contributed by atoms with E-state index in [1.165, 1.54) is 24.0 Å². The quantitative estimate of drug-likeness (QED) is 0.117. The molecule has 74 heavy (non-hydrogen) atoms. The highest BCUT2D eigenvalue weighted by molar-refractivity contribution is 5.98. The number of nitrogens with zero attached hydrogens (tertiary/aromatic N) is 8. The van der Waals surface area contributed by atoms with Crippen molar-refractivity contribution in [1.29, 1.82) is 0 Å². The number of amides is 1. The molecule has 0 saturated carbocycles. The molecular weight excluding hydrogens is 992 g/mol. The van der Waals surface area contributed by atoms with Gasteiger partial charge >= 0.3 is 24.5 Å². The number of ether oxygens (including phenoxy) is 5. The van der Waals surface area contributed by atoms with E-state index in [9.17, 15) is 13.6 Å². The molecule has 5 aliphatic rings. The lowest BCUT2D eigenvalue weighted by atomic mass is 9.94. The molecule has 5 aromatic rings. The Morgan fingerprint density at radius 1 is 0.838 bits per heavy atom. The van der Waals surface area contributed by atoms with Gasteiger partial charge in [0.15, 0.2) is 5.82 Å². The molecule has 0 aliphatic carbocycles. The summed E-state index contributed by atoms with van der Waals surface area (Å²) in [5.41, 5.74) is -5.69. The van der Waals surface area contributed by atoms with E-state index in [0.717, 1.165) is 13.0 Å². The number of halogens is 9. The standard InChI is InChI=1S/C51H53F9N8O6/c1-26-38(50(55,56)57)34(17-36(61-26)65(20-27-7-12-32(70-5)13-8-27)21-28-9-14-33(71-6)15-10-28)40-39(54)41-37-44(64-46(63-41)72-25-49-18-29(52)22-66(49)23-30(53)19-49)67-24-31-11-16-35(68(31)47(69)74-48(2,3)4)42(67)43(51(58,59)60)73-45(37)62-40/h7-10,12-15,17,29-31,35,42-43H,11,16,18-25H2,1-6H3/t29-,30-,31-,35+,42+,43-/m1/s1. The zero-order chi connectivity index (χ0) is 52.8. The Bertz CT molecular complexity index is 2880. The van der Waals surface area contributed by atoms with Gasteiger partial charge in [0.25, 0.3) is 0 Å². The summed E-state index contributed by atoms with van der Waals surface area (Å²) in [7, 11) is 2.98. The molecule has 4 fully saturated rings. The Labute approximate surface area is 419 Å². The van der Waals surface area contributed by atoms with E-state index in [2.05, 4.69) is 19.9 Å². The predicted octanol–water partition coefficient (Wildman–Crippen LogP) is 9.96. The number of benzene rings is 2. The number of rotatable bonds is 11. The lowest BCUT2D eigenvalue weighted by molar-refractivity contribution is -0.206. The summed E-state index contributed by atoms with van der Waals surface area (Å²) in [6.45, 7) is 5.10. The number of fused-ring (bicyclic) bond motifs is 6. The van der Waals surface area contributed by atoms with Crippen LogP contribution < -0.4 is 28.7 Å². The van der Waals surface area contributed by atoms with E-state index in [0.29, 0.717) is 22.6 Å². The van der Waals surface area contributed by atoms with Crippen molar-refractivity contribution in [3.63, 3.8) is 0 Å². The van der Waals surface area contributed by atoms with Crippen molar-refractivity contribution in [3.05, 3.63) is 82.8 Å². The van der Waals surface area contributed by atoms with Gasteiger partial charge in [0.1, 0.15) is 64.3 Å². The van der Waals surface area contributed by atoms with Crippen molar-refractivity contribution in [2.75, 3.05) is 50.3 Å². The second-order valence-corrected chi connectivity index (χ2v) is 20.6. The Hall–Kier alpha value is -6.52. The summed E-state index contributed by atoms with van der Waals surface area (Å²) in [6, 6.07) is 10.3. The zero-order valence-electron chi connectivity index (χ0n) is 41.2. The van der Waals surface area contributed by atoms with Crippen LogP contribution in [0.2, 0.25) is 0 Å². The first-order valence-electron chi connectivity index (χ1n) is 24.1. The molecule has 1 amide bonds. The topological polar surface area (TPSA) is 128 Å². The largest absolute Gasteiger partial charge is 0.497 e. The number of anilines is 2. The second kappa shape index (κ2) is 18.7. The molecule has 14 nitrogen and oxygen atoms in total. The maximum absolute atomic E-state index is 18.1. The fourth-order valence-electron chi connectivity index (χ4n) is 11.4. The fraction of sp³-hybridized carbons (Fsp3) is 0.510. The zero-order valence-corrected chi connectivity index (χ0v) is 41.2. The number of aromatic nitrogens is 4. The highest BCUT2D eigenvalue weighted by Gasteiger charge is 2.61. The van der Waals surface area contributed by atoms with Gasteiger partial charge in [-0.3, -0.25) is 9.80 Å². The van der Waals surface area contributed by atoms with E-state index >= 15 is 30.7 Å². The Balaban J connectivity index is 1.17. The van der Waals surface area contributed by atoms with E-state index in [1.807, 2.05) is 0 Å². The molecule has 3 aromatic heterocycles. The maximum atomic E-state index is 18.1. The van der Waals surface area contributed by atoms with Crippen LogP contribution in [0.3, 0.4) is 0 Å². The number of hydrogen-bond acceptors (Lipinski definition) is 13. The lowest BCUT2D eigenvalue weighted by Gasteiger charge is -2.48. The Morgan fingerprint density at radius 2 is 1.45 bits per heavy atom. The molecule has 0 spiro atoms. The van der Waals surface area contributed by atoms with Crippen LogP contribution in [0, 0.1) is 12.7 Å². The van der Waals surface area contributed by atoms with Crippen molar-refractivity contribution in [2.24, 2.45) is 0 Å². The molecule has 4 saturated heterocycles. The molecule has 2 bridgehead atoms. The molecule has 23 heteroatoms. The molecule has 6 atom stereocenters. The molecule has 10 rings (SSSR count). The van der Waals surface area contributed by atoms with Gasteiger partial charge in [-0.2, -0.15) is 36.3 Å². The van der Waals surface area contributed by atoms with Crippen LogP contribution >= 0.6 is 0 Å². The third-order valence-corrected chi connectivity index (χ3v) is 14.5. The van der Waals surface area contributed by atoms with Crippen LogP contribution in [0.4, 0.5) is 55.9 Å². The van der Waals surface area contributed by atoms with Crippen molar-refractivity contribution in [2.45, 2.75) is 127 Å². The van der Waals surface area contributed by atoms with E-state index in [1.54, 1.807) is 79.1 Å². The van der Waals surface area contributed by atoms with Crippen molar-refractivity contribution < 1.29 is 68.0 Å². The van der Waals surface area contributed by atoms with Gasteiger partial charge < -0.3 is 33.5 Å². The van der Waals surface area contributed by atoms with E-state index < -0.39 is 124 Å². The minimum Gasteiger partial charge on any atom is -0.497 e. The summed E-state index contributed by atoms with van der Waals surface area (Å²) < 4.78 is 170. The molecule has 0 unspecified atom stereocenters. The summed E-state index contributed by atoms with van der Waals surface area (Å²) in [4.78, 5) is 37.1. The maximum Gasteiger partial charge on any atom is 0.427 e. The number of aryl methyl sites for hydroxylation is 1. The SMILES string of the molecule is COc1ccc(CN(Cc2ccc(OC)cc2)c2cc(-c3nc4c5c(nc(OCC67C[C@@H](F)CN6C[C@H](F)C7)nc5c3F)N3C[C@H]5CC[C@@H]([C@H]3[C@H](C(F)(F)F)O4)N5C(=O)OC(C)(C)C)c(C(F)(F)F)c(C)n2)cc1. The summed E-state index contributed by atoms with van der Waals surface area (Å²) in [5.74, 6) is -1.80. The molecule has 396 valence electrons. The smallest absolute Gasteiger partial charge is 0.427 e. The highest BCUT2D eigenvalue weighted by Crippen LogP contribution is 2.51. The van der Waals surface area contributed by atoms with Crippen molar-refractivity contribution >= 4 is 28.6 Å². The minimum atomic E-state index is -5.24. The lowest BCUT2D eigenvalue weighted by Crippen LogP contribution is -2.68. The van der Waals surface area contributed by atoms with Crippen LogP contribution in [0.15, 0.2) is 54.6 Å². The van der Waals surface area contributed by atoms with Gasteiger partial charge in [-0.15, -0.1) is 0 Å². The number of alkyl halides is 8. The number of methoxy groups -OCH3 is 2. The van der Waals surface area contributed by atoms with Gasteiger partial charge in [-0.1, -0.05) is 24.3 Å². The molecule has 5 aliphatic heterocycles. The third-order valence-electron chi connectivity index (χ3n) is 14.5. The van der Waals surface area contributed by atoms with Crippen LogP contribution in [0.5, 0.6) is 23.4 Å².